The predicted molar refractivity (Wildman–Crippen MR) is 127 cm³/mol. The van der Waals surface area contributed by atoms with Crippen LogP contribution in [0.3, 0.4) is 0 Å². The summed E-state index contributed by atoms with van der Waals surface area (Å²) in [6.07, 6.45) is 0. The molecule has 0 saturated heterocycles. The standard InChI is InChI=1S/C20H21ClN4O3S3/c1-11(2)29-20-24-23-19(30-20)22-18(26)14-7-8-15(21)17(10-14)31(27,28)25-16-9-12(3)5-6-13(16)4/h5-11,25H,1-4H3,(H,22,23,26). The fraction of sp³-hybridized carbons (Fsp3) is 0.250. The Morgan fingerprint density at radius 2 is 1.87 bits per heavy atom. The number of carbonyl (C=O) groups is 1. The number of sulfonamides is 1. The fourth-order valence-electron chi connectivity index (χ4n) is 2.57. The van der Waals surface area contributed by atoms with E-state index in [9.17, 15) is 13.2 Å². The fourth-order valence-corrected chi connectivity index (χ4v) is 6.19. The summed E-state index contributed by atoms with van der Waals surface area (Å²) in [5.41, 5.74) is 2.27. The Kier molecular flexibility index (Phi) is 7.25. The van der Waals surface area contributed by atoms with Crippen LogP contribution in [0.15, 0.2) is 45.6 Å². The number of hydrogen-bond acceptors (Lipinski definition) is 7. The van der Waals surface area contributed by atoms with E-state index in [0.717, 1.165) is 15.5 Å². The number of nitrogens with one attached hydrogen (secondary N) is 2. The van der Waals surface area contributed by atoms with Crippen molar-refractivity contribution in [1.29, 1.82) is 0 Å². The number of halogens is 1. The van der Waals surface area contributed by atoms with E-state index in [1.165, 1.54) is 29.5 Å². The van der Waals surface area contributed by atoms with Crippen LogP contribution < -0.4 is 10.0 Å². The van der Waals surface area contributed by atoms with Crippen LogP contribution in [0.5, 0.6) is 0 Å². The van der Waals surface area contributed by atoms with Crippen molar-refractivity contribution in [3.63, 3.8) is 0 Å². The van der Waals surface area contributed by atoms with Gasteiger partial charge in [0, 0.05) is 10.8 Å². The summed E-state index contributed by atoms with van der Waals surface area (Å²) < 4.78 is 29.2. The smallest absolute Gasteiger partial charge is 0.263 e. The van der Waals surface area contributed by atoms with Gasteiger partial charge in [-0.05, 0) is 49.2 Å². The van der Waals surface area contributed by atoms with Crippen molar-refractivity contribution in [2.24, 2.45) is 0 Å². The van der Waals surface area contributed by atoms with Gasteiger partial charge in [-0.1, -0.05) is 60.7 Å². The average molecular weight is 497 g/mol. The van der Waals surface area contributed by atoms with Crippen molar-refractivity contribution in [1.82, 2.24) is 10.2 Å². The van der Waals surface area contributed by atoms with Gasteiger partial charge in [0.25, 0.3) is 15.9 Å². The topological polar surface area (TPSA) is 101 Å². The third kappa shape index (κ3) is 5.97. The van der Waals surface area contributed by atoms with Gasteiger partial charge in [-0.3, -0.25) is 14.8 Å². The first-order valence-corrected chi connectivity index (χ1v) is 12.8. The highest BCUT2D eigenvalue weighted by atomic mass is 35.5. The summed E-state index contributed by atoms with van der Waals surface area (Å²) in [5, 5.41) is 11.3. The Morgan fingerprint density at radius 1 is 1.13 bits per heavy atom. The number of anilines is 2. The summed E-state index contributed by atoms with van der Waals surface area (Å²) in [6.45, 7) is 7.74. The first kappa shape index (κ1) is 23.5. The lowest BCUT2D eigenvalue weighted by molar-refractivity contribution is 0.102. The highest BCUT2D eigenvalue weighted by Crippen LogP contribution is 2.30. The molecule has 2 aromatic carbocycles. The van der Waals surface area contributed by atoms with Crippen LogP contribution in [0.4, 0.5) is 10.8 Å². The molecule has 0 unspecified atom stereocenters. The minimum Gasteiger partial charge on any atom is -0.296 e. The molecule has 3 rings (SSSR count). The zero-order valence-corrected chi connectivity index (χ0v) is 20.5. The van der Waals surface area contributed by atoms with E-state index in [-0.39, 0.29) is 15.5 Å². The second kappa shape index (κ2) is 9.56. The molecular formula is C20H21ClN4O3S3. The van der Waals surface area contributed by atoms with E-state index in [0.29, 0.717) is 16.1 Å². The molecule has 0 aliphatic carbocycles. The normalized spacial score (nSPS) is 11.5. The largest absolute Gasteiger partial charge is 0.296 e. The Morgan fingerprint density at radius 3 is 2.58 bits per heavy atom. The molecule has 1 amide bonds. The molecule has 0 spiro atoms. The number of aromatic nitrogens is 2. The summed E-state index contributed by atoms with van der Waals surface area (Å²) in [7, 11) is -4.01. The summed E-state index contributed by atoms with van der Waals surface area (Å²) in [5.74, 6) is -0.503. The zero-order chi connectivity index (χ0) is 22.8. The van der Waals surface area contributed by atoms with Crippen LogP contribution in [0.2, 0.25) is 5.02 Å². The van der Waals surface area contributed by atoms with E-state index in [2.05, 4.69) is 20.2 Å². The number of hydrogen-bond donors (Lipinski definition) is 2. The first-order chi connectivity index (χ1) is 14.5. The number of thioether (sulfide) groups is 1. The summed E-state index contributed by atoms with van der Waals surface area (Å²) in [6, 6.07) is 9.54. The number of benzene rings is 2. The summed E-state index contributed by atoms with van der Waals surface area (Å²) >= 11 is 8.96. The molecular weight excluding hydrogens is 476 g/mol. The maximum atomic E-state index is 13.0. The Bertz CT molecular complexity index is 1230. The number of carbonyl (C=O) groups excluding carboxylic acids is 1. The van der Waals surface area contributed by atoms with Gasteiger partial charge in [-0.25, -0.2) is 8.42 Å². The van der Waals surface area contributed by atoms with E-state index in [4.69, 9.17) is 11.6 Å². The number of rotatable bonds is 7. The van der Waals surface area contributed by atoms with Crippen LogP contribution in [-0.2, 0) is 10.0 Å². The quantitative estimate of drug-likeness (QED) is 0.337. The lowest BCUT2D eigenvalue weighted by Gasteiger charge is -2.13. The monoisotopic (exact) mass is 496 g/mol. The molecule has 0 atom stereocenters. The van der Waals surface area contributed by atoms with Gasteiger partial charge in [0.15, 0.2) is 4.34 Å². The Hall–Kier alpha value is -2.14. The molecule has 31 heavy (non-hydrogen) atoms. The molecule has 11 heteroatoms. The van der Waals surface area contributed by atoms with E-state index in [1.807, 2.05) is 32.9 Å². The first-order valence-electron chi connectivity index (χ1n) is 9.26. The van der Waals surface area contributed by atoms with Gasteiger partial charge in [-0.2, -0.15) is 0 Å². The molecule has 1 aromatic heterocycles. The van der Waals surface area contributed by atoms with Crippen molar-refractivity contribution in [2.45, 2.75) is 42.2 Å². The molecule has 0 aliphatic heterocycles. The number of aryl methyl sites for hydroxylation is 2. The predicted octanol–water partition coefficient (Wildman–Crippen LogP) is 5.36. The van der Waals surface area contributed by atoms with Crippen LogP contribution in [0.1, 0.15) is 35.3 Å². The minimum atomic E-state index is -4.01. The van der Waals surface area contributed by atoms with Gasteiger partial charge >= 0.3 is 0 Å². The van der Waals surface area contributed by atoms with Crippen LogP contribution in [-0.4, -0.2) is 29.8 Å². The molecule has 7 nitrogen and oxygen atoms in total. The maximum absolute atomic E-state index is 13.0. The highest BCUT2D eigenvalue weighted by Gasteiger charge is 2.22. The molecule has 0 aliphatic rings. The van der Waals surface area contributed by atoms with Gasteiger partial charge < -0.3 is 0 Å². The van der Waals surface area contributed by atoms with Gasteiger partial charge in [0.1, 0.15) is 4.90 Å². The third-order valence-corrected chi connectivity index (χ3v) is 7.86. The maximum Gasteiger partial charge on any atom is 0.263 e. The molecule has 0 radical (unpaired) electrons. The highest BCUT2D eigenvalue weighted by molar-refractivity contribution is 8.01. The van der Waals surface area contributed by atoms with Crippen LogP contribution in [0, 0.1) is 13.8 Å². The van der Waals surface area contributed by atoms with Crippen LogP contribution in [0.25, 0.3) is 0 Å². The lowest BCUT2D eigenvalue weighted by Crippen LogP contribution is -2.17. The van der Waals surface area contributed by atoms with Crippen molar-refractivity contribution in [3.8, 4) is 0 Å². The lowest BCUT2D eigenvalue weighted by atomic mass is 10.1. The Balaban J connectivity index is 1.84. The number of amides is 1. The second-order valence-corrected chi connectivity index (χ2v) is 11.9. The SMILES string of the molecule is Cc1ccc(C)c(NS(=O)(=O)c2cc(C(=O)Nc3nnc(SC(C)C)s3)ccc2Cl)c1. The summed E-state index contributed by atoms with van der Waals surface area (Å²) in [4.78, 5) is 12.5. The van der Waals surface area contributed by atoms with Gasteiger partial charge in [0.2, 0.25) is 5.13 Å². The van der Waals surface area contributed by atoms with Gasteiger partial charge in [-0.15, -0.1) is 10.2 Å². The van der Waals surface area contributed by atoms with Gasteiger partial charge in [0.05, 0.1) is 10.7 Å². The molecule has 0 saturated carbocycles. The zero-order valence-electron chi connectivity index (χ0n) is 17.3. The average Bonchev–Trinajstić information content (AvgIpc) is 3.10. The van der Waals surface area contributed by atoms with Crippen LogP contribution >= 0.6 is 34.7 Å². The van der Waals surface area contributed by atoms with Crippen molar-refractivity contribution in [2.75, 3.05) is 10.0 Å². The Labute approximate surface area is 194 Å². The second-order valence-electron chi connectivity index (χ2n) is 7.06. The molecule has 3 aromatic rings. The van der Waals surface area contributed by atoms with E-state index < -0.39 is 15.9 Å². The molecule has 0 bridgehead atoms. The van der Waals surface area contributed by atoms with E-state index >= 15 is 0 Å². The van der Waals surface area contributed by atoms with E-state index in [1.54, 1.807) is 24.8 Å². The minimum absolute atomic E-state index is 0.0147. The molecule has 164 valence electrons. The molecule has 1 heterocycles. The van der Waals surface area contributed by atoms with Crippen molar-refractivity contribution < 1.29 is 13.2 Å². The van der Waals surface area contributed by atoms with Crippen molar-refractivity contribution in [3.05, 3.63) is 58.1 Å². The third-order valence-electron chi connectivity index (χ3n) is 4.08. The molecule has 2 N–H and O–H groups in total. The van der Waals surface area contributed by atoms with Crippen molar-refractivity contribution >= 4 is 61.4 Å². The molecule has 0 fully saturated rings. The number of nitrogens with zero attached hydrogens (tertiary/aromatic N) is 2.